The molecule has 0 aliphatic rings. The van der Waals surface area contributed by atoms with Gasteiger partial charge in [-0.3, -0.25) is 24.0 Å². The summed E-state index contributed by atoms with van der Waals surface area (Å²) < 4.78 is 11.0. The maximum atomic E-state index is 13.1. The molecule has 0 unspecified atom stereocenters. The summed E-state index contributed by atoms with van der Waals surface area (Å²) in [4.78, 5) is 69.0. The third kappa shape index (κ3) is 29.0. The summed E-state index contributed by atoms with van der Waals surface area (Å²) in [6.45, 7) is 7.10. The van der Waals surface area contributed by atoms with Crippen LogP contribution >= 0.6 is 0 Å². The Morgan fingerprint density at radius 1 is 0.754 bits per heavy atom. The van der Waals surface area contributed by atoms with E-state index in [1.807, 2.05) is 0 Å². The Balaban J connectivity index is 1.96. The minimum Gasteiger partial charge on any atom is -0.379 e. The number of H-pyrrole nitrogens is 1. The van der Waals surface area contributed by atoms with Crippen LogP contribution < -0.4 is 16.8 Å². The molecule has 0 aromatic carbocycles. The molecule has 1 aromatic rings. The number of carbonyl (C=O) groups is 5. The number of Topliss-reactive ketones (excluding diaryl/α,β-unsaturated/α-hetero) is 3. The lowest BCUT2D eigenvalue weighted by Crippen LogP contribution is -2.39. The second-order valence-electron chi connectivity index (χ2n) is 16.7. The zero-order valence-corrected chi connectivity index (χ0v) is 36.2. The van der Waals surface area contributed by atoms with E-state index >= 15 is 0 Å². The normalized spacial score (nSPS) is 12.7. The predicted octanol–water partition coefficient (Wildman–Crippen LogP) is 8.04. The minimum absolute atomic E-state index is 0.0342. The molecular weight excluding hydrogens is 723 g/mol. The van der Waals surface area contributed by atoms with Crippen molar-refractivity contribution >= 4 is 29.2 Å². The molecule has 0 aliphatic carbocycles. The van der Waals surface area contributed by atoms with Gasteiger partial charge in [-0.05, 0) is 25.7 Å². The molecule has 1 aromatic heterocycles. The van der Waals surface area contributed by atoms with E-state index in [9.17, 15) is 24.0 Å². The minimum atomic E-state index is -0.987. The van der Waals surface area contributed by atoms with Gasteiger partial charge in [-0.1, -0.05) is 130 Å². The highest BCUT2D eigenvalue weighted by Gasteiger charge is 2.34. The Morgan fingerprint density at radius 2 is 1.32 bits per heavy atom. The van der Waals surface area contributed by atoms with E-state index in [4.69, 9.17) is 20.9 Å². The fraction of sp³-hybridized carbons (Fsp3) is 0.822. The maximum absolute atomic E-state index is 13.1. The van der Waals surface area contributed by atoms with Crippen molar-refractivity contribution < 1.29 is 33.4 Å². The number of unbranched alkanes of at least 4 members (excludes halogenated alkanes) is 17. The third-order valence-corrected chi connectivity index (χ3v) is 10.8. The zero-order chi connectivity index (χ0) is 42.0. The molecule has 12 heteroatoms. The van der Waals surface area contributed by atoms with Crippen molar-refractivity contribution in [1.29, 1.82) is 0 Å². The Hall–Kier alpha value is -2.96. The molecule has 2 atom stereocenters. The van der Waals surface area contributed by atoms with Crippen LogP contribution in [-0.2, 0) is 39.9 Å². The number of aromatic nitrogens is 2. The first-order valence-electron chi connectivity index (χ1n) is 22.5. The largest absolute Gasteiger partial charge is 0.379 e. The molecule has 57 heavy (non-hydrogen) atoms. The van der Waals surface area contributed by atoms with Gasteiger partial charge in [0.15, 0.2) is 5.78 Å². The fourth-order valence-electron chi connectivity index (χ4n) is 6.98. The van der Waals surface area contributed by atoms with Gasteiger partial charge in [0.05, 0.1) is 25.6 Å². The summed E-state index contributed by atoms with van der Waals surface area (Å²) in [5, 5.41) is 2.79. The molecule has 0 bridgehead atoms. The number of nitrogens with one attached hydrogen (secondary N) is 2. The van der Waals surface area contributed by atoms with Gasteiger partial charge in [-0.25, -0.2) is 4.98 Å². The van der Waals surface area contributed by atoms with E-state index in [1.165, 1.54) is 103 Å². The Labute approximate surface area is 344 Å². The van der Waals surface area contributed by atoms with E-state index < -0.39 is 23.3 Å². The zero-order valence-electron chi connectivity index (χ0n) is 36.2. The molecule has 2 amide bonds. The topological polar surface area (TPSA) is 197 Å². The van der Waals surface area contributed by atoms with Crippen molar-refractivity contribution in [3.05, 3.63) is 18.2 Å². The lowest BCUT2D eigenvalue weighted by atomic mass is 9.77. The van der Waals surface area contributed by atoms with Crippen molar-refractivity contribution in [3.8, 4) is 0 Å². The van der Waals surface area contributed by atoms with Gasteiger partial charge in [-0.2, -0.15) is 0 Å². The lowest BCUT2D eigenvalue weighted by Gasteiger charge is -2.25. The fourth-order valence-corrected chi connectivity index (χ4v) is 6.98. The molecule has 0 saturated heterocycles. The number of imidazole rings is 1. The number of ether oxygens (including phenoxy) is 2. The van der Waals surface area contributed by atoms with E-state index in [2.05, 4.69) is 22.2 Å². The van der Waals surface area contributed by atoms with Crippen LogP contribution in [-0.4, -0.2) is 78.1 Å². The van der Waals surface area contributed by atoms with Crippen LogP contribution in [0.5, 0.6) is 0 Å². The average molecular weight is 804 g/mol. The molecule has 0 spiro atoms. The van der Waals surface area contributed by atoms with Crippen molar-refractivity contribution in [1.82, 2.24) is 15.3 Å². The van der Waals surface area contributed by atoms with E-state index in [-0.39, 0.29) is 43.5 Å². The molecule has 328 valence electrons. The van der Waals surface area contributed by atoms with Crippen molar-refractivity contribution in [2.24, 2.45) is 22.8 Å². The van der Waals surface area contributed by atoms with Crippen molar-refractivity contribution in [2.45, 2.75) is 194 Å². The Bertz CT molecular complexity index is 1210. The quantitative estimate of drug-likeness (QED) is 0.0474. The second-order valence-corrected chi connectivity index (χ2v) is 16.7. The molecule has 1 rings (SSSR count). The summed E-state index contributed by atoms with van der Waals surface area (Å²) in [5.74, 6) is -1.61. The highest BCUT2D eigenvalue weighted by Crippen LogP contribution is 2.28. The third-order valence-electron chi connectivity index (χ3n) is 10.8. The van der Waals surface area contributed by atoms with Crippen LogP contribution in [0, 0.1) is 11.3 Å². The molecule has 0 saturated carbocycles. The average Bonchev–Trinajstić information content (AvgIpc) is 3.69. The van der Waals surface area contributed by atoms with Crippen LogP contribution in [0.25, 0.3) is 0 Å². The first-order valence-corrected chi connectivity index (χ1v) is 22.5. The Morgan fingerprint density at radius 3 is 1.88 bits per heavy atom. The first-order chi connectivity index (χ1) is 27.5. The van der Waals surface area contributed by atoms with Gasteiger partial charge in [0.25, 0.3) is 0 Å². The highest BCUT2D eigenvalue weighted by atomic mass is 16.5. The number of aromatic amines is 1. The van der Waals surface area contributed by atoms with Crippen LogP contribution in [0.3, 0.4) is 0 Å². The molecule has 1 heterocycles. The van der Waals surface area contributed by atoms with Crippen molar-refractivity contribution in [3.63, 3.8) is 0 Å². The summed E-state index contributed by atoms with van der Waals surface area (Å²) in [5.41, 5.74) is 11.4. The van der Waals surface area contributed by atoms with E-state index in [1.54, 1.807) is 20.0 Å². The maximum Gasteiger partial charge on any atom is 0.245 e. The SMILES string of the molecule is CCCCCCCCCCCCCCCCCCCC(=O)CCCOCCOCC(=O)NCCCC[C@H](CC(=O)C(C)(C)CC(=O)[C@@H](N)Cc1cnc[nH]1)C(N)=O. The summed E-state index contributed by atoms with van der Waals surface area (Å²) >= 11 is 0. The van der Waals surface area contributed by atoms with Gasteiger partial charge in [0.2, 0.25) is 11.8 Å². The van der Waals surface area contributed by atoms with Gasteiger partial charge in [0, 0.05) is 68.5 Å². The summed E-state index contributed by atoms with van der Waals surface area (Å²) in [6, 6.07) is -0.764. The number of amides is 2. The van der Waals surface area contributed by atoms with Gasteiger partial charge in [-0.15, -0.1) is 0 Å². The van der Waals surface area contributed by atoms with E-state index in [0.717, 1.165) is 18.5 Å². The number of hydrogen-bond donors (Lipinski definition) is 4. The number of hydrogen-bond acceptors (Lipinski definition) is 9. The standard InChI is InChI=1S/C45H81N5O7/c1-4-5-6-7-8-9-10-11-12-13-14-15-16-17-18-19-20-25-39(51)26-23-28-56-29-30-57-35-43(54)49-27-22-21-24-37(44(47)55)31-42(53)45(2,3)33-41(52)40(46)32-38-34-48-36-50-38/h34,36-37,40H,4-33,35,46H2,1-3H3,(H2,47,55)(H,48,50)(H,49,54)/t37-,40+/m1/s1. The van der Waals surface area contributed by atoms with Gasteiger partial charge in [0.1, 0.15) is 18.2 Å². The van der Waals surface area contributed by atoms with Gasteiger partial charge < -0.3 is 31.2 Å². The molecule has 0 radical (unpaired) electrons. The smallest absolute Gasteiger partial charge is 0.245 e. The molecule has 0 aliphatic heterocycles. The predicted molar refractivity (Wildman–Crippen MR) is 228 cm³/mol. The second kappa shape index (κ2) is 34.0. The highest BCUT2D eigenvalue weighted by molar-refractivity contribution is 5.94. The van der Waals surface area contributed by atoms with Crippen LogP contribution in [0.15, 0.2) is 12.5 Å². The Kier molecular flexibility index (Phi) is 31.0. The number of carbonyl (C=O) groups excluding carboxylic acids is 5. The summed E-state index contributed by atoms with van der Waals surface area (Å²) in [6.07, 6.45) is 29.5. The molecule has 12 nitrogen and oxygen atoms in total. The summed E-state index contributed by atoms with van der Waals surface area (Å²) in [7, 11) is 0. The number of nitrogens with zero attached hydrogens (tertiary/aromatic N) is 1. The molecule has 0 fully saturated rings. The van der Waals surface area contributed by atoms with Gasteiger partial charge >= 0.3 is 0 Å². The van der Waals surface area contributed by atoms with Crippen LogP contribution in [0.2, 0.25) is 0 Å². The molecule has 6 N–H and O–H groups in total. The lowest BCUT2D eigenvalue weighted by molar-refractivity contribution is -0.135. The van der Waals surface area contributed by atoms with Crippen LogP contribution in [0.4, 0.5) is 0 Å². The number of primary amides is 1. The van der Waals surface area contributed by atoms with Crippen LogP contribution in [0.1, 0.15) is 187 Å². The van der Waals surface area contributed by atoms with Crippen molar-refractivity contribution in [2.75, 3.05) is 33.0 Å². The number of nitrogens with two attached hydrogens (primary N) is 2. The van der Waals surface area contributed by atoms with E-state index in [0.29, 0.717) is 70.5 Å². The number of rotatable bonds is 41. The molecular formula is C45H81N5O7. The monoisotopic (exact) mass is 804 g/mol. The first kappa shape index (κ1) is 52.1. The number of ketones is 3.